The van der Waals surface area contributed by atoms with Crippen molar-refractivity contribution in [2.45, 2.75) is 6.92 Å². The molecular weight excluding hydrogens is 150 g/mol. The van der Waals surface area contributed by atoms with E-state index in [1.165, 1.54) is 15.7 Å². The van der Waals surface area contributed by atoms with Crippen molar-refractivity contribution in [1.29, 1.82) is 0 Å². The van der Waals surface area contributed by atoms with Crippen molar-refractivity contribution in [2.75, 3.05) is 11.5 Å². The van der Waals surface area contributed by atoms with E-state index in [2.05, 4.69) is 0 Å². The summed E-state index contributed by atoms with van der Waals surface area (Å²) in [6.07, 6.45) is 1.96. The maximum Gasteiger partial charge on any atom is 0.0593 e. The van der Waals surface area contributed by atoms with Crippen molar-refractivity contribution in [1.82, 2.24) is 0 Å². The van der Waals surface area contributed by atoms with E-state index in [1.807, 2.05) is 36.9 Å². The average molecular weight is 160 g/mol. The summed E-state index contributed by atoms with van der Waals surface area (Å²) in [4.78, 5) is 0. The molecule has 1 saturated heterocycles. The van der Waals surface area contributed by atoms with Crippen molar-refractivity contribution in [3.05, 3.63) is 16.4 Å². The summed E-state index contributed by atoms with van der Waals surface area (Å²) in [5, 5.41) is 0. The van der Waals surface area contributed by atoms with E-state index < -0.39 is 0 Å². The van der Waals surface area contributed by atoms with Gasteiger partial charge in [-0.15, -0.1) is 23.5 Å². The number of rotatable bonds is 1. The first kappa shape index (κ1) is 7.35. The van der Waals surface area contributed by atoms with Gasteiger partial charge in [0.25, 0.3) is 0 Å². The third-order valence-electron chi connectivity index (χ3n) is 1.10. The van der Waals surface area contributed by atoms with Crippen molar-refractivity contribution >= 4 is 23.5 Å². The van der Waals surface area contributed by atoms with Crippen LogP contribution in [0.4, 0.5) is 0 Å². The van der Waals surface area contributed by atoms with E-state index in [0.717, 1.165) is 5.70 Å². The number of hydrogen-bond donors (Lipinski definition) is 1. The maximum absolute atomic E-state index is 5.66. The van der Waals surface area contributed by atoms with E-state index in [1.54, 1.807) is 0 Å². The molecule has 0 amide bonds. The second-order valence-electron chi connectivity index (χ2n) is 1.73. The highest BCUT2D eigenvalue weighted by Gasteiger charge is 2.10. The molecule has 1 aliphatic rings. The molecule has 1 heterocycles. The summed E-state index contributed by atoms with van der Waals surface area (Å²) in [5.41, 5.74) is 6.61. The third kappa shape index (κ3) is 1.83. The number of thioether (sulfide) groups is 2. The minimum Gasteiger partial charge on any atom is -0.400 e. The monoisotopic (exact) mass is 160 g/mol. The van der Waals surface area contributed by atoms with Crippen molar-refractivity contribution < 1.29 is 0 Å². The van der Waals surface area contributed by atoms with Crippen LogP contribution in [0.15, 0.2) is 9.93 Å². The Balaban J connectivity index is 2.55. The lowest BCUT2D eigenvalue weighted by molar-refractivity contribution is 1.30. The van der Waals surface area contributed by atoms with Gasteiger partial charge in [-0.3, -0.25) is 0 Å². The Kier molecular flexibility index (Phi) is 2.79. The van der Waals surface area contributed by atoms with Gasteiger partial charge in [-0.05, 0) is 0 Å². The highest BCUT2D eigenvalue weighted by atomic mass is 32.2. The minimum atomic E-state index is 0.947. The zero-order valence-corrected chi connectivity index (χ0v) is 7.02. The smallest absolute Gasteiger partial charge is 0.0593 e. The fourth-order valence-electron chi connectivity index (χ4n) is 0.595. The van der Waals surface area contributed by atoms with Crippen LogP contribution in [0.1, 0.15) is 6.92 Å². The van der Waals surface area contributed by atoms with E-state index in [9.17, 15) is 0 Å². The van der Waals surface area contributed by atoms with Crippen molar-refractivity contribution in [3.63, 3.8) is 0 Å². The van der Waals surface area contributed by atoms with Crippen LogP contribution in [0, 0.1) is 6.42 Å². The lowest BCUT2D eigenvalue weighted by atomic mass is 10.4. The van der Waals surface area contributed by atoms with Gasteiger partial charge in [0.05, 0.1) is 4.24 Å². The fraction of sp³-hybridized carbons (Fsp3) is 0.500. The number of allylic oxidation sites excluding steroid dienone is 1. The van der Waals surface area contributed by atoms with E-state index in [0.29, 0.717) is 0 Å². The van der Waals surface area contributed by atoms with Gasteiger partial charge in [-0.2, -0.15) is 0 Å². The van der Waals surface area contributed by atoms with Crippen LogP contribution in [0.2, 0.25) is 0 Å². The van der Waals surface area contributed by atoms with Gasteiger partial charge in [-0.25, -0.2) is 0 Å². The molecule has 0 aliphatic carbocycles. The molecule has 0 atom stereocenters. The van der Waals surface area contributed by atoms with Gasteiger partial charge in [0.1, 0.15) is 0 Å². The van der Waals surface area contributed by atoms with Gasteiger partial charge in [0.15, 0.2) is 0 Å². The van der Waals surface area contributed by atoms with Crippen LogP contribution >= 0.6 is 23.5 Å². The van der Waals surface area contributed by atoms with Gasteiger partial charge < -0.3 is 5.73 Å². The van der Waals surface area contributed by atoms with Crippen LogP contribution in [0.3, 0.4) is 0 Å². The molecule has 1 rings (SSSR count). The summed E-state index contributed by atoms with van der Waals surface area (Å²) in [6.45, 7) is 1.97. The van der Waals surface area contributed by atoms with Crippen LogP contribution in [-0.4, -0.2) is 11.5 Å². The molecule has 1 nitrogen and oxygen atoms in total. The average Bonchev–Trinajstić information content (AvgIpc) is 2.37. The molecule has 1 aliphatic heterocycles. The third-order valence-corrected chi connectivity index (χ3v) is 3.87. The molecule has 0 aromatic rings. The van der Waals surface area contributed by atoms with Gasteiger partial charge in [0.2, 0.25) is 0 Å². The van der Waals surface area contributed by atoms with Crippen LogP contribution < -0.4 is 5.73 Å². The summed E-state index contributed by atoms with van der Waals surface area (Å²) in [7, 11) is 0. The maximum atomic E-state index is 5.66. The van der Waals surface area contributed by atoms with Gasteiger partial charge >= 0.3 is 0 Å². The Morgan fingerprint density at radius 1 is 1.56 bits per heavy atom. The summed E-state index contributed by atoms with van der Waals surface area (Å²) < 4.78 is 1.30. The SMILES string of the molecule is C[CH]C(N)=C1SCCS1. The van der Waals surface area contributed by atoms with Crippen LogP contribution in [0.25, 0.3) is 0 Å². The lowest BCUT2D eigenvalue weighted by Crippen LogP contribution is -1.96. The Hall–Kier alpha value is 0.240. The molecule has 3 heteroatoms. The lowest BCUT2D eigenvalue weighted by Gasteiger charge is -1.98. The van der Waals surface area contributed by atoms with Crippen LogP contribution in [-0.2, 0) is 0 Å². The van der Waals surface area contributed by atoms with E-state index >= 15 is 0 Å². The molecule has 0 unspecified atom stereocenters. The Morgan fingerprint density at radius 2 is 2.11 bits per heavy atom. The quantitative estimate of drug-likeness (QED) is 0.633. The molecule has 9 heavy (non-hydrogen) atoms. The largest absolute Gasteiger partial charge is 0.400 e. The topological polar surface area (TPSA) is 26.0 Å². The molecule has 1 fully saturated rings. The first-order chi connectivity index (χ1) is 4.34. The Labute approximate surface area is 64.5 Å². The molecule has 1 radical (unpaired) electrons. The van der Waals surface area contributed by atoms with Crippen molar-refractivity contribution in [2.24, 2.45) is 5.73 Å². The zero-order valence-electron chi connectivity index (χ0n) is 5.39. The predicted octanol–water partition coefficient (Wildman–Crippen LogP) is 1.82. The Bertz CT molecular complexity index is 123. The van der Waals surface area contributed by atoms with E-state index in [4.69, 9.17) is 5.73 Å². The fourth-order valence-corrected chi connectivity index (χ4v) is 3.03. The molecular formula is C6H10NS2. The van der Waals surface area contributed by atoms with Gasteiger partial charge in [-0.1, -0.05) is 6.92 Å². The summed E-state index contributed by atoms with van der Waals surface area (Å²) in [6, 6.07) is 0. The first-order valence-electron chi connectivity index (χ1n) is 2.89. The second kappa shape index (κ2) is 3.42. The normalized spacial score (nSPS) is 18.6. The Morgan fingerprint density at radius 3 is 2.56 bits per heavy atom. The second-order valence-corrected chi connectivity index (χ2v) is 4.20. The van der Waals surface area contributed by atoms with Crippen LogP contribution in [0.5, 0.6) is 0 Å². The number of nitrogens with two attached hydrogens (primary N) is 1. The van der Waals surface area contributed by atoms with Crippen molar-refractivity contribution in [3.8, 4) is 0 Å². The molecule has 0 bridgehead atoms. The molecule has 0 spiro atoms. The number of hydrogen-bond acceptors (Lipinski definition) is 3. The molecule has 0 aromatic heterocycles. The standard InChI is InChI=1S/C6H10NS2/c1-2-5(7)6-8-3-4-9-6/h2H,3-4,7H2,1H3. The molecule has 0 aromatic carbocycles. The first-order valence-corrected chi connectivity index (χ1v) is 4.86. The summed E-state index contributed by atoms with van der Waals surface area (Å²) >= 11 is 3.72. The highest BCUT2D eigenvalue weighted by Crippen LogP contribution is 2.37. The van der Waals surface area contributed by atoms with E-state index in [-0.39, 0.29) is 0 Å². The zero-order chi connectivity index (χ0) is 6.69. The predicted molar refractivity (Wildman–Crippen MR) is 46.1 cm³/mol. The summed E-state index contributed by atoms with van der Waals surface area (Å²) in [5.74, 6) is 2.43. The molecule has 2 N–H and O–H groups in total. The molecule has 51 valence electrons. The highest BCUT2D eigenvalue weighted by molar-refractivity contribution is 8.25. The van der Waals surface area contributed by atoms with Gasteiger partial charge in [0, 0.05) is 23.6 Å². The molecule has 0 saturated carbocycles. The minimum absolute atomic E-state index is 0.947.